The molecule has 0 aliphatic carbocycles. The summed E-state index contributed by atoms with van der Waals surface area (Å²) in [7, 11) is -1.32. The second kappa shape index (κ2) is 14.9. The van der Waals surface area contributed by atoms with Crippen LogP contribution in [0.25, 0.3) is 5.70 Å². The molecule has 11 heteroatoms. The van der Waals surface area contributed by atoms with Crippen molar-refractivity contribution in [3.05, 3.63) is 123 Å². The number of nitrogens with two attached hydrogens (primary N) is 2. The van der Waals surface area contributed by atoms with Gasteiger partial charge in [0.15, 0.2) is 0 Å². The van der Waals surface area contributed by atoms with E-state index >= 15 is 0 Å². The largest absolute Gasteiger partial charge is 0.397 e. The van der Waals surface area contributed by atoms with Gasteiger partial charge in [0.25, 0.3) is 0 Å². The van der Waals surface area contributed by atoms with Crippen molar-refractivity contribution in [2.24, 2.45) is 11.6 Å². The predicted molar refractivity (Wildman–Crippen MR) is 205 cm³/mol. The molecule has 0 radical (unpaired) electrons. The van der Waals surface area contributed by atoms with E-state index in [1.165, 1.54) is 8.58 Å². The van der Waals surface area contributed by atoms with Crippen LogP contribution in [0.15, 0.2) is 91.1 Å². The van der Waals surface area contributed by atoms with Crippen LogP contribution in [0, 0.1) is 15.0 Å². The molecule has 0 unspecified atom stereocenters. The maximum Gasteiger partial charge on any atom is 0.228 e. The number of halogens is 1. The molecule has 244 valence electrons. The van der Waals surface area contributed by atoms with Crippen molar-refractivity contribution in [2.75, 3.05) is 21.0 Å². The van der Waals surface area contributed by atoms with Crippen molar-refractivity contribution in [3.8, 4) is 11.5 Å². The second-order valence-electron chi connectivity index (χ2n) is 12.5. The molecule has 4 aromatic carbocycles. The van der Waals surface area contributed by atoms with Gasteiger partial charge in [-0.1, -0.05) is 49.8 Å². The molecule has 0 saturated carbocycles. The van der Waals surface area contributed by atoms with Crippen LogP contribution in [0.3, 0.4) is 0 Å². The first-order valence-corrected chi connectivity index (χ1v) is 19.9. The number of rotatable bonds is 3. The molecule has 7 N–H and O–H groups in total. The summed E-state index contributed by atoms with van der Waals surface area (Å²) in [6, 6.07) is 27.1. The van der Waals surface area contributed by atoms with E-state index < -0.39 is 8.07 Å². The Bertz CT molecular complexity index is 1980. The molecule has 0 spiro atoms. The summed E-state index contributed by atoms with van der Waals surface area (Å²) in [4.78, 5) is 33.4. The Kier molecular flexibility index (Phi) is 10.7. The van der Waals surface area contributed by atoms with E-state index in [4.69, 9.17) is 11.6 Å². The van der Waals surface area contributed by atoms with Gasteiger partial charge in [-0.25, -0.2) is 5.84 Å². The van der Waals surface area contributed by atoms with Gasteiger partial charge in [0.1, 0.15) is 8.07 Å². The highest BCUT2D eigenvalue weighted by atomic mass is 127. The van der Waals surface area contributed by atoms with Crippen molar-refractivity contribution >= 4 is 76.8 Å². The van der Waals surface area contributed by atoms with Crippen LogP contribution in [0.5, 0.6) is 0 Å². The van der Waals surface area contributed by atoms with E-state index in [2.05, 4.69) is 69.6 Å². The lowest BCUT2D eigenvalue weighted by molar-refractivity contribution is -0.115. The standard InChI is InChI=1S/C16H16N4O.C13H15NOSi.C8H6INO/c17-14(10-20(18)13-4-2-1-3-5-13)11-6-7-15-12(8-11)9-16(21)19-15;1-16(2,3)7-6-10-4-5-12-11(8-10)9-13(15)14-12;9-6-1-2-7-5(3-6)4-8(11)10-7/h1-8,10H,9,17-18H2,(H,19,21);4-5,8H,9H2,1-3H3,(H,14,15);1-3H,4H2,(H,10,11)/b14-10-;;. The lowest BCUT2D eigenvalue weighted by Crippen LogP contribution is -2.25. The minimum Gasteiger partial charge on any atom is -0.397 e. The summed E-state index contributed by atoms with van der Waals surface area (Å²) in [6.07, 6.45) is 3.08. The van der Waals surface area contributed by atoms with Crippen molar-refractivity contribution in [1.29, 1.82) is 0 Å². The Labute approximate surface area is 295 Å². The van der Waals surface area contributed by atoms with Crippen molar-refractivity contribution in [2.45, 2.75) is 38.9 Å². The summed E-state index contributed by atoms with van der Waals surface area (Å²) < 4.78 is 1.18. The number of carbonyl (C=O) groups is 3. The molecule has 0 saturated heterocycles. The number of hydrogen-bond donors (Lipinski definition) is 5. The van der Waals surface area contributed by atoms with E-state index in [0.717, 1.165) is 50.6 Å². The number of amides is 3. The number of nitrogens with zero attached hydrogens (tertiary/aromatic N) is 1. The molecule has 3 aliphatic heterocycles. The fourth-order valence-corrected chi connectivity index (χ4v) is 6.15. The van der Waals surface area contributed by atoms with Crippen LogP contribution >= 0.6 is 22.6 Å². The van der Waals surface area contributed by atoms with Crippen LogP contribution in [-0.2, 0) is 33.6 Å². The summed E-state index contributed by atoms with van der Waals surface area (Å²) in [5.41, 5.74) is 18.6. The minimum atomic E-state index is -1.32. The molecular weight excluding hydrogens is 731 g/mol. The van der Waals surface area contributed by atoms with Gasteiger partial charge < -0.3 is 21.7 Å². The zero-order valence-corrected chi connectivity index (χ0v) is 30.1. The number of anilines is 4. The molecule has 9 nitrogen and oxygen atoms in total. The molecule has 0 bridgehead atoms. The van der Waals surface area contributed by atoms with Crippen molar-refractivity contribution < 1.29 is 14.4 Å². The third kappa shape index (κ3) is 9.34. The van der Waals surface area contributed by atoms with Gasteiger partial charge in [-0.05, 0) is 106 Å². The van der Waals surface area contributed by atoms with Gasteiger partial charge >= 0.3 is 0 Å². The van der Waals surface area contributed by atoms with Crippen LogP contribution < -0.4 is 32.5 Å². The van der Waals surface area contributed by atoms with Crippen LogP contribution in [0.4, 0.5) is 22.7 Å². The molecule has 4 aromatic rings. The van der Waals surface area contributed by atoms with Gasteiger partial charge in [-0.2, -0.15) is 0 Å². The van der Waals surface area contributed by atoms with E-state index in [1.54, 1.807) is 6.20 Å². The highest BCUT2D eigenvalue weighted by molar-refractivity contribution is 14.1. The third-order valence-electron chi connectivity index (χ3n) is 7.40. The SMILES string of the molecule is C[Si](C)(C)C#Cc1ccc2c(c1)CC(=O)N2.N/C(=C\N(N)c1ccccc1)c1ccc2c(c1)CC(=O)N2.O=C1Cc2cc(I)ccc2N1. The molecule has 0 atom stereocenters. The Morgan fingerprint density at radius 1 is 0.750 bits per heavy atom. The lowest BCUT2D eigenvalue weighted by atomic mass is 10.1. The van der Waals surface area contributed by atoms with Crippen LogP contribution in [-0.4, -0.2) is 25.8 Å². The predicted octanol–water partition coefficient (Wildman–Crippen LogP) is 6.01. The molecular formula is C37H37IN6O3Si. The second-order valence-corrected chi connectivity index (χ2v) is 18.5. The van der Waals surface area contributed by atoms with E-state index in [9.17, 15) is 14.4 Å². The topological polar surface area (TPSA) is 143 Å². The number of para-hydroxylation sites is 1. The fourth-order valence-electron chi connectivity index (χ4n) is 5.07. The van der Waals surface area contributed by atoms with Gasteiger partial charge in [-0.15, -0.1) is 5.54 Å². The van der Waals surface area contributed by atoms with E-state index in [0.29, 0.717) is 25.0 Å². The average molecular weight is 769 g/mol. The first kappa shape index (κ1) is 34.4. The molecule has 3 heterocycles. The van der Waals surface area contributed by atoms with E-state index in [-0.39, 0.29) is 17.7 Å². The summed E-state index contributed by atoms with van der Waals surface area (Å²) in [6.45, 7) is 6.66. The van der Waals surface area contributed by atoms with Crippen molar-refractivity contribution in [1.82, 2.24) is 0 Å². The highest BCUT2D eigenvalue weighted by Gasteiger charge is 2.19. The van der Waals surface area contributed by atoms with Crippen molar-refractivity contribution in [3.63, 3.8) is 0 Å². The van der Waals surface area contributed by atoms with Gasteiger partial charge in [0.05, 0.1) is 30.6 Å². The summed E-state index contributed by atoms with van der Waals surface area (Å²) in [5, 5.41) is 9.87. The number of nitrogens with one attached hydrogen (secondary N) is 3. The Hall–Kier alpha value is -4.90. The molecule has 7 rings (SSSR count). The van der Waals surface area contributed by atoms with Crippen LogP contribution in [0.1, 0.15) is 27.8 Å². The molecule has 48 heavy (non-hydrogen) atoms. The van der Waals surface area contributed by atoms with Gasteiger partial charge in [-0.3, -0.25) is 19.4 Å². The number of benzene rings is 4. The van der Waals surface area contributed by atoms with E-state index in [1.807, 2.05) is 84.9 Å². The van der Waals surface area contributed by atoms with Gasteiger partial charge in [0.2, 0.25) is 17.7 Å². The van der Waals surface area contributed by atoms with Crippen LogP contribution in [0.2, 0.25) is 19.6 Å². The summed E-state index contributed by atoms with van der Waals surface area (Å²) >= 11 is 2.24. The third-order valence-corrected chi connectivity index (χ3v) is 8.95. The Balaban J connectivity index is 0.000000148. The highest BCUT2D eigenvalue weighted by Crippen LogP contribution is 2.27. The Morgan fingerprint density at radius 3 is 1.85 bits per heavy atom. The Morgan fingerprint density at radius 2 is 1.27 bits per heavy atom. The monoisotopic (exact) mass is 768 g/mol. The molecule has 0 fully saturated rings. The molecule has 3 amide bonds. The smallest absolute Gasteiger partial charge is 0.228 e. The van der Waals surface area contributed by atoms with Gasteiger partial charge in [0, 0.05) is 32.4 Å². The maximum atomic E-state index is 11.4. The molecule has 0 aromatic heterocycles. The first-order chi connectivity index (χ1) is 22.8. The average Bonchev–Trinajstić information content (AvgIpc) is 3.73. The number of hydrazine groups is 1. The quantitative estimate of drug-likeness (QED) is 0.0568. The zero-order valence-electron chi connectivity index (χ0n) is 27.0. The summed E-state index contributed by atoms with van der Waals surface area (Å²) in [5.74, 6) is 9.36. The number of carbonyl (C=O) groups excluding carboxylic acids is 3. The first-order valence-electron chi connectivity index (χ1n) is 15.4. The normalized spacial score (nSPS) is 13.9. The number of fused-ring (bicyclic) bond motifs is 3. The number of hydrogen-bond acceptors (Lipinski definition) is 6. The minimum absolute atomic E-state index is 0.00874. The lowest BCUT2D eigenvalue weighted by Gasteiger charge is -2.15. The maximum absolute atomic E-state index is 11.4. The zero-order chi connectivity index (χ0) is 34.4. The fraction of sp³-hybridized carbons (Fsp3) is 0.162. The molecule has 3 aliphatic rings.